The molecule has 2 N–H and O–H groups in total. The summed E-state index contributed by atoms with van der Waals surface area (Å²) in [5, 5.41) is 5.44. The van der Waals surface area contributed by atoms with E-state index in [1.165, 1.54) is 0 Å². The third-order valence-electron chi connectivity index (χ3n) is 3.91. The van der Waals surface area contributed by atoms with Gasteiger partial charge in [0.05, 0.1) is 0 Å². The Hall–Kier alpha value is -1.63. The van der Waals surface area contributed by atoms with Gasteiger partial charge in [0.25, 0.3) is 0 Å². The van der Waals surface area contributed by atoms with Crippen LogP contribution >= 0.6 is 24.2 Å². The van der Waals surface area contributed by atoms with Crippen molar-refractivity contribution in [2.45, 2.75) is 10.1 Å². The fourth-order valence-electron chi connectivity index (χ4n) is 2.43. The lowest BCUT2D eigenvalue weighted by Gasteiger charge is -2.28. The Morgan fingerprint density at radius 2 is 1.92 bits per heavy atom. The maximum Gasteiger partial charge on any atom is 0.238 e. The predicted octanol–water partition coefficient (Wildman–Crippen LogP) is 3.56. The molecule has 1 aliphatic heterocycles. The van der Waals surface area contributed by atoms with Gasteiger partial charge < -0.3 is 10.6 Å². The Labute approximate surface area is 156 Å². The van der Waals surface area contributed by atoms with E-state index in [0.717, 1.165) is 48.6 Å². The van der Waals surface area contributed by atoms with Gasteiger partial charge in [0.15, 0.2) is 0 Å². The first kappa shape index (κ1) is 19.7. The Morgan fingerprint density at radius 1 is 1.20 bits per heavy atom. The number of benzene rings is 2. The summed E-state index contributed by atoms with van der Waals surface area (Å²) in [6, 6.07) is 12.4. The lowest BCUT2D eigenvalue weighted by atomic mass is 10.0. The van der Waals surface area contributed by atoms with Gasteiger partial charge in [0.2, 0.25) is 5.91 Å². The number of carbonyl (C=O) groups excluding carboxylic acids is 1. The molecule has 1 saturated heterocycles. The summed E-state index contributed by atoms with van der Waals surface area (Å²) in [7, 11) is 0. The average molecular weight is 385 g/mol. The number of thioether (sulfide) groups is 1. The molecule has 2 aromatic rings. The number of halogens is 3. The van der Waals surface area contributed by atoms with E-state index in [1.807, 2.05) is 30.3 Å². The number of rotatable bonds is 6. The van der Waals surface area contributed by atoms with E-state index in [0.29, 0.717) is 12.5 Å². The van der Waals surface area contributed by atoms with Crippen LogP contribution in [-0.4, -0.2) is 25.5 Å². The molecule has 134 valence electrons. The first-order valence-corrected chi connectivity index (χ1v) is 8.66. The third-order valence-corrected chi connectivity index (χ3v) is 5.20. The van der Waals surface area contributed by atoms with Crippen molar-refractivity contribution in [1.82, 2.24) is 10.6 Å². The normalized spacial score (nSPS) is 15.0. The van der Waals surface area contributed by atoms with Crippen molar-refractivity contribution in [2.24, 2.45) is 5.92 Å². The van der Waals surface area contributed by atoms with Crippen molar-refractivity contribution in [1.29, 1.82) is 0 Å². The number of nitrogens with one attached hydrogen (secondary N) is 2. The van der Waals surface area contributed by atoms with E-state index in [2.05, 4.69) is 10.6 Å². The zero-order chi connectivity index (χ0) is 16.9. The molecule has 25 heavy (non-hydrogen) atoms. The molecule has 0 aliphatic carbocycles. The van der Waals surface area contributed by atoms with E-state index < -0.39 is 16.9 Å². The molecule has 3 nitrogen and oxygen atoms in total. The van der Waals surface area contributed by atoms with Crippen LogP contribution in [0.15, 0.2) is 53.4 Å². The van der Waals surface area contributed by atoms with Gasteiger partial charge in [-0.25, -0.2) is 8.78 Å². The SMILES string of the molecule is Cl.O=C(NCC1CNC1)C(Sc1cc(F)ccc1F)c1ccccc1. The molecule has 7 heteroatoms. The number of carbonyl (C=O) groups is 1. The fourth-order valence-corrected chi connectivity index (χ4v) is 3.52. The first-order valence-electron chi connectivity index (χ1n) is 7.78. The lowest BCUT2D eigenvalue weighted by molar-refractivity contribution is -0.120. The maximum atomic E-state index is 14.0. The molecule has 1 aliphatic rings. The van der Waals surface area contributed by atoms with Gasteiger partial charge >= 0.3 is 0 Å². The van der Waals surface area contributed by atoms with Gasteiger partial charge in [-0.15, -0.1) is 24.2 Å². The van der Waals surface area contributed by atoms with Crippen LogP contribution in [0.5, 0.6) is 0 Å². The molecule has 3 rings (SSSR count). The van der Waals surface area contributed by atoms with Gasteiger partial charge in [-0.2, -0.15) is 0 Å². The summed E-state index contributed by atoms with van der Waals surface area (Å²) < 4.78 is 27.4. The minimum atomic E-state index is -0.629. The predicted molar refractivity (Wildman–Crippen MR) is 98.0 cm³/mol. The van der Waals surface area contributed by atoms with Crippen LogP contribution in [0.1, 0.15) is 10.8 Å². The standard InChI is InChI=1S/C18H18F2N2OS.ClH/c19-14-6-7-15(20)16(8-14)24-17(13-4-2-1-3-5-13)18(23)22-11-12-9-21-10-12;/h1-8,12,17,21H,9-11H2,(H,22,23);1H. The summed E-state index contributed by atoms with van der Waals surface area (Å²) in [5.41, 5.74) is 0.760. The van der Waals surface area contributed by atoms with Crippen molar-refractivity contribution in [3.05, 3.63) is 65.7 Å². The molecule has 0 bridgehead atoms. The minimum Gasteiger partial charge on any atom is -0.354 e. The van der Waals surface area contributed by atoms with E-state index >= 15 is 0 Å². The third kappa shape index (κ3) is 5.17. The zero-order valence-electron chi connectivity index (χ0n) is 13.4. The molecule has 1 fully saturated rings. The fraction of sp³-hybridized carbons (Fsp3) is 0.278. The number of hydrogen-bond acceptors (Lipinski definition) is 3. The molecular formula is C18H19ClF2N2OS. The number of hydrogen-bond donors (Lipinski definition) is 2. The molecule has 1 unspecified atom stereocenters. The van der Waals surface area contributed by atoms with Crippen molar-refractivity contribution < 1.29 is 13.6 Å². The Bertz CT molecular complexity index is 713. The quantitative estimate of drug-likeness (QED) is 0.748. The molecule has 0 radical (unpaired) electrons. The second-order valence-corrected chi connectivity index (χ2v) is 6.90. The van der Waals surface area contributed by atoms with Crippen molar-refractivity contribution in [3.63, 3.8) is 0 Å². The Kier molecular flexibility index (Phi) is 7.23. The molecule has 1 amide bonds. The Morgan fingerprint density at radius 3 is 2.56 bits per heavy atom. The minimum absolute atomic E-state index is 0. The first-order chi connectivity index (χ1) is 11.6. The maximum absolute atomic E-state index is 14.0. The smallest absolute Gasteiger partial charge is 0.238 e. The van der Waals surface area contributed by atoms with Crippen molar-refractivity contribution >= 4 is 30.1 Å². The van der Waals surface area contributed by atoms with E-state index in [4.69, 9.17) is 0 Å². The van der Waals surface area contributed by atoms with Gasteiger partial charge in [-0.1, -0.05) is 30.3 Å². The second-order valence-electron chi connectivity index (χ2n) is 5.75. The molecule has 2 aromatic carbocycles. The van der Waals surface area contributed by atoms with Crippen molar-refractivity contribution in [2.75, 3.05) is 19.6 Å². The topological polar surface area (TPSA) is 41.1 Å². The van der Waals surface area contributed by atoms with Crippen LogP contribution in [0.25, 0.3) is 0 Å². The van der Waals surface area contributed by atoms with Crippen LogP contribution in [0.3, 0.4) is 0 Å². The van der Waals surface area contributed by atoms with Crippen LogP contribution in [0, 0.1) is 17.6 Å². The second kappa shape index (κ2) is 9.17. The largest absolute Gasteiger partial charge is 0.354 e. The van der Waals surface area contributed by atoms with Gasteiger partial charge in [-0.05, 0) is 23.8 Å². The summed E-state index contributed by atoms with van der Waals surface area (Å²) in [4.78, 5) is 12.7. The van der Waals surface area contributed by atoms with E-state index in [-0.39, 0.29) is 23.2 Å². The van der Waals surface area contributed by atoms with Crippen LogP contribution in [0.4, 0.5) is 8.78 Å². The highest BCUT2D eigenvalue weighted by atomic mass is 35.5. The molecule has 0 aromatic heterocycles. The van der Waals surface area contributed by atoms with Gasteiger partial charge in [0, 0.05) is 30.4 Å². The summed E-state index contributed by atoms with van der Waals surface area (Å²) >= 11 is 1.03. The molecule has 0 spiro atoms. The van der Waals surface area contributed by atoms with Crippen LogP contribution in [-0.2, 0) is 4.79 Å². The summed E-state index contributed by atoms with van der Waals surface area (Å²) in [6.45, 7) is 2.37. The summed E-state index contributed by atoms with van der Waals surface area (Å²) in [5.74, 6) is -0.812. The van der Waals surface area contributed by atoms with Crippen LogP contribution in [0.2, 0.25) is 0 Å². The van der Waals surface area contributed by atoms with E-state index in [1.54, 1.807) is 0 Å². The molecule has 1 heterocycles. The zero-order valence-corrected chi connectivity index (χ0v) is 15.0. The highest BCUT2D eigenvalue weighted by molar-refractivity contribution is 8.00. The lowest BCUT2D eigenvalue weighted by Crippen LogP contribution is -2.48. The van der Waals surface area contributed by atoms with Gasteiger partial charge in [0.1, 0.15) is 16.9 Å². The molecule has 0 saturated carbocycles. The van der Waals surface area contributed by atoms with Crippen LogP contribution < -0.4 is 10.6 Å². The molecular weight excluding hydrogens is 366 g/mol. The highest BCUT2D eigenvalue weighted by Gasteiger charge is 2.25. The molecule has 1 atom stereocenters. The summed E-state index contributed by atoms with van der Waals surface area (Å²) in [6.07, 6.45) is 0. The Balaban J connectivity index is 0.00000225. The van der Waals surface area contributed by atoms with Crippen molar-refractivity contribution in [3.8, 4) is 0 Å². The average Bonchev–Trinajstić information content (AvgIpc) is 2.55. The van der Waals surface area contributed by atoms with Gasteiger partial charge in [-0.3, -0.25) is 4.79 Å². The number of amides is 1. The highest BCUT2D eigenvalue weighted by Crippen LogP contribution is 2.37. The monoisotopic (exact) mass is 384 g/mol. The van der Waals surface area contributed by atoms with E-state index in [9.17, 15) is 13.6 Å².